The molecular weight excluding hydrogens is 322 g/mol. The number of hydrogen-bond acceptors (Lipinski definition) is 4. The van der Waals surface area contributed by atoms with Crippen molar-refractivity contribution in [3.8, 4) is 0 Å². The SMILES string of the molecule is O=C(NCC1CC1)C1CCCN(C(=O)c2ccnc3[nH]c(=O)[nH]c23)C1. The number of carbonyl (C=O) groups excluding carboxylic acids is 2. The third kappa shape index (κ3) is 3.29. The van der Waals surface area contributed by atoms with E-state index in [2.05, 4.69) is 20.3 Å². The first-order chi connectivity index (χ1) is 12.1. The number of fused-ring (bicyclic) bond motifs is 1. The van der Waals surface area contributed by atoms with Gasteiger partial charge in [-0.05, 0) is 37.7 Å². The highest BCUT2D eigenvalue weighted by atomic mass is 16.2. The standard InChI is InChI=1S/C17H21N5O3/c23-15(19-8-10-3-4-10)11-2-1-7-22(9-11)16(24)12-5-6-18-14-13(12)20-17(25)21-14/h5-6,10-11H,1-4,7-9H2,(H,19,23)(H2,18,20,21,25). The fourth-order valence-corrected chi connectivity index (χ4v) is 3.37. The summed E-state index contributed by atoms with van der Waals surface area (Å²) < 4.78 is 0. The number of nitrogens with one attached hydrogen (secondary N) is 3. The molecule has 4 rings (SSSR count). The molecule has 1 unspecified atom stereocenters. The highest BCUT2D eigenvalue weighted by Gasteiger charge is 2.31. The van der Waals surface area contributed by atoms with Crippen LogP contribution >= 0.6 is 0 Å². The van der Waals surface area contributed by atoms with Crippen LogP contribution in [0.15, 0.2) is 17.1 Å². The summed E-state index contributed by atoms with van der Waals surface area (Å²) >= 11 is 0. The third-order valence-electron chi connectivity index (χ3n) is 4.99. The van der Waals surface area contributed by atoms with Gasteiger partial charge in [0.05, 0.1) is 17.0 Å². The Labute approximate surface area is 144 Å². The summed E-state index contributed by atoms with van der Waals surface area (Å²) in [6.45, 7) is 1.77. The fraction of sp³-hybridized carbons (Fsp3) is 0.529. The zero-order valence-corrected chi connectivity index (χ0v) is 13.9. The molecule has 3 heterocycles. The van der Waals surface area contributed by atoms with Crippen LogP contribution in [-0.2, 0) is 4.79 Å². The number of piperidine rings is 1. The van der Waals surface area contributed by atoms with Gasteiger partial charge in [-0.15, -0.1) is 0 Å². The molecule has 2 aliphatic rings. The van der Waals surface area contributed by atoms with Gasteiger partial charge in [-0.25, -0.2) is 9.78 Å². The van der Waals surface area contributed by atoms with Crippen LogP contribution in [-0.4, -0.2) is 51.3 Å². The monoisotopic (exact) mass is 343 g/mol. The van der Waals surface area contributed by atoms with Crippen LogP contribution in [0.3, 0.4) is 0 Å². The Morgan fingerprint density at radius 2 is 2.12 bits per heavy atom. The van der Waals surface area contributed by atoms with E-state index in [0.717, 1.165) is 19.4 Å². The maximum atomic E-state index is 12.9. The van der Waals surface area contributed by atoms with E-state index in [1.54, 1.807) is 11.0 Å². The zero-order valence-electron chi connectivity index (χ0n) is 13.9. The van der Waals surface area contributed by atoms with Gasteiger partial charge in [0.2, 0.25) is 5.91 Å². The van der Waals surface area contributed by atoms with Gasteiger partial charge < -0.3 is 15.2 Å². The molecule has 3 N–H and O–H groups in total. The summed E-state index contributed by atoms with van der Waals surface area (Å²) in [4.78, 5) is 47.7. The van der Waals surface area contributed by atoms with Crippen molar-refractivity contribution in [1.29, 1.82) is 0 Å². The van der Waals surface area contributed by atoms with Crippen molar-refractivity contribution in [3.05, 3.63) is 28.3 Å². The van der Waals surface area contributed by atoms with Gasteiger partial charge in [-0.1, -0.05) is 0 Å². The number of aromatic amines is 2. The minimum Gasteiger partial charge on any atom is -0.356 e. The Balaban J connectivity index is 1.49. The van der Waals surface area contributed by atoms with E-state index >= 15 is 0 Å². The van der Waals surface area contributed by atoms with Crippen molar-refractivity contribution in [2.45, 2.75) is 25.7 Å². The fourth-order valence-electron chi connectivity index (χ4n) is 3.37. The molecule has 25 heavy (non-hydrogen) atoms. The van der Waals surface area contributed by atoms with Crippen LogP contribution in [0.2, 0.25) is 0 Å². The van der Waals surface area contributed by atoms with Crippen molar-refractivity contribution in [2.24, 2.45) is 11.8 Å². The lowest BCUT2D eigenvalue weighted by Crippen LogP contribution is -2.45. The highest BCUT2D eigenvalue weighted by molar-refractivity contribution is 6.04. The van der Waals surface area contributed by atoms with E-state index in [0.29, 0.717) is 35.7 Å². The van der Waals surface area contributed by atoms with E-state index in [1.165, 1.54) is 19.0 Å². The number of rotatable bonds is 4. The summed E-state index contributed by atoms with van der Waals surface area (Å²) in [5.41, 5.74) is 0.797. The Bertz CT molecular complexity index is 867. The molecule has 0 spiro atoms. The Kier molecular flexibility index (Phi) is 4.03. The number of hydrogen-bond donors (Lipinski definition) is 3. The molecule has 0 aromatic carbocycles. The molecule has 8 heteroatoms. The van der Waals surface area contributed by atoms with E-state index in [-0.39, 0.29) is 17.7 Å². The summed E-state index contributed by atoms with van der Waals surface area (Å²) in [5.74, 6) is 0.335. The van der Waals surface area contributed by atoms with Gasteiger partial charge in [0.1, 0.15) is 0 Å². The molecule has 1 atom stereocenters. The summed E-state index contributed by atoms with van der Waals surface area (Å²) in [6.07, 6.45) is 5.49. The lowest BCUT2D eigenvalue weighted by molar-refractivity contribution is -0.126. The summed E-state index contributed by atoms with van der Waals surface area (Å²) in [6, 6.07) is 1.60. The molecule has 1 aliphatic heterocycles. The molecule has 1 aliphatic carbocycles. The number of pyridine rings is 1. The number of carbonyl (C=O) groups is 2. The second-order valence-corrected chi connectivity index (χ2v) is 6.94. The zero-order chi connectivity index (χ0) is 17.4. The van der Waals surface area contributed by atoms with Crippen LogP contribution in [0.1, 0.15) is 36.0 Å². The van der Waals surface area contributed by atoms with Gasteiger partial charge in [0.15, 0.2) is 5.65 Å². The molecule has 1 saturated heterocycles. The predicted molar refractivity (Wildman–Crippen MR) is 91.1 cm³/mol. The van der Waals surface area contributed by atoms with E-state index in [4.69, 9.17) is 0 Å². The molecule has 2 fully saturated rings. The lowest BCUT2D eigenvalue weighted by atomic mass is 9.96. The summed E-state index contributed by atoms with van der Waals surface area (Å²) in [5, 5.41) is 3.01. The maximum Gasteiger partial charge on any atom is 0.325 e. The van der Waals surface area contributed by atoms with Crippen molar-refractivity contribution < 1.29 is 9.59 Å². The molecule has 0 radical (unpaired) electrons. The summed E-state index contributed by atoms with van der Waals surface area (Å²) in [7, 11) is 0. The van der Waals surface area contributed by atoms with Crippen molar-refractivity contribution >= 4 is 23.0 Å². The van der Waals surface area contributed by atoms with Crippen molar-refractivity contribution in [3.63, 3.8) is 0 Å². The molecule has 2 aromatic rings. The molecule has 2 amide bonds. The number of H-pyrrole nitrogens is 2. The first kappa shape index (κ1) is 15.9. The average Bonchev–Trinajstić information content (AvgIpc) is 3.37. The maximum absolute atomic E-state index is 12.9. The second kappa shape index (κ2) is 6.34. The first-order valence-corrected chi connectivity index (χ1v) is 8.76. The average molecular weight is 343 g/mol. The van der Waals surface area contributed by atoms with Gasteiger partial charge in [0.25, 0.3) is 5.91 Å². The highest BCUT2D eigenvalue weighted by Crippen LogP contribution is 2.28. The van der Waals surface area contributed by atoms with E-state index in [9.17, 15) is 14.4 Å². The van der Waals surface area contributed by atoms with Gasteiger partial charge in [-0.3, -0.25) is 14.6 Å². The molecule has 0 bridgehead atoms. The van der Waals surface area contributed by atoms with Gasteiger partial charge in [0, 0.05) is 25.8 Å². The molecule has 2 aromatic heterocycles. The first-order valence-electron chi connectivity index (χ1n) is 8.76. The van der Waals surface area contributed by atoms with Gasteiger partial charge >= 0.3 is 5.69 Å². The predicted octanol–water partition coefficient (Wildman–Crippen LogP) is 0.630. The number of amides is 2. The number of likely N-dealkylation sites (tertiary alicyclic amines) is 1. The van der Waals surface area contributed by atoms with Crippen LogP contribution < -0.4 is 11.0 Å². The van der Waals surface area contributed by atoms with Crippen LogP contribution in [0.5, 0.6) is 0 Å². The second-order valence-electron chi connectivity index (χ2n) is 6.94. The normalized spacial score (nSPS) is 20.6. The third-order valence-corrected chi connectivity index (χ3v) is 4.99. The smallest absolute Gasteiger partial charge is 0.325 e. The topological polar surface area (TPSA) is 111 Å². The largest absolute Gasteiger partial charge is 0.356 e. The number of imidazole rings is 1. The quantitative estimate of drug-likeness (QED) is 0.756. The number of aromatic nitrogens is 3. The minimum absolute atomic E-state index is 0.0410. The Morgan fingerprint density at radius 3 is 2.92 bits per heavy atom. The van der Waals surface area contributed by atoms with Gasteiger partial charge in [-0.2, -0.15) is 0 Å². The molecule has 8 nitrogen and oxygen atoms in total. The number of nitrogens with zero attached hydrogens (tertiary/aromatic N) is 2. The molecule has 1 saturated carbocycles. The van der Waals surface area contributed by atoms with Crippen molar-refractivity contribution in [2.75, 3.05) is 19.6 Å². The van der Waals surface area contributed by atoms with E-state index < -0.39 is 5.69 Å². The minimum atomic E-state index is -0.390. The van der Waals surface area contributed by atoms with E-state index in [1.807, 2.05) is 0 Å². The van der Waals surface area contributed by atoms with Crippen LogP contribution in [0, 0.1) is 11.8 Å². The van der Waals surface area contributed by atoms with Crippen LogP contribution in [0.4, 0.5) is 0 Å². The van der Waals surface area contributed by atoms with Crippen molar-refractivity contribution in [1.82, 2.24) is 25.2 Å². The molecule has 132 valence electrons. The molecular formula is C17H21N5O3. The Hall–Kier alpha value is -2.64. The van der Waals surface area contributed by atoms with Crippen LogP contribution in [0.25, 0.3) is 11.2 Å². The Morgan fingerprint density at radius 1 is 1.28 bits per heavy atom. The lowest BCUT2D eigenvalue weighted by Gasteiger charge is -2.32.